The van der Waals surface area contributed by atoms with Crippen molar-refractivity contribution in [3.05, 3.63) is 29.3 Å². The van der Waals surface area contributed by atoms with E-state index in [1.807, 2.05) is 0 Å². The maximum atomic E-state index is 3.56. The fraction of sp³-hybridized carbons (Fsp3) is 0.625. The Morgan fingerprint density at radius 1 is 1.35 bits per heavy atom. The molecule has 1 nitrogen and oxygen atoms in total. The molecule has 1 unspecified atom stereocenters. The number of aryl methyl sites for hydroxylation is 2. The molecule has 1 atom stereocenters. The van der Waals surface area contributed by atoms with Gasteiger partial charge in [-0.1, -0.05) is 32.4 Å². The molecule has 1 N–H and O–H groups in total. The number of rotatable bonds is 4. The van der Waals surface area contributed by atoms with Crippen LogP contribution in [0.3, 0.4) is 0 Å². The minimum Gasteiger partial charge on any atom is -0.382 e. The molecule has 0 fully saturated rings. The molecular weight excluding hydrogens is 206 g/mol. The van der Waals surface area contributed by atoms with Gasteiger partial charge in [0.25, 0.3) is 0 Å². The normalized spacial score (nSPS) is 18.9. The average molecular weight is 231 g/mol. The van der Waals surface area contributed by atoms with Crippen molar-refractivity contribution >= 4 is 5.69 Å². The minimum absolute atomic E-state index is 0.634. The zero-order chi connectivity index (χ0) is 12.3. The summed E-state index contributed by atoms with van der Waals surface area (Å²) in [6, 6.07) is 7.61. The summed E-state index contributed by atoms with van der Waals surface area (Å²) in [6.07, 6.45) is 6.40. The van der Waals surface area contributed by atoms with Gasteiger partial charge in [-0.15, -0.1) is 0 Å². The SMILES string of the molecule is CC(C)CCCc1ccc2c(c1)CCC(C)N2. The summed E-state index contributed by atoms with van der Waals surface area (Å²) in [5, 5.41) is 3.56. The van der Waals surface area contributed by atoms with Crippen LogP contribution in [0.25, 0.3) is 0 Å². The van der Waals surface area contributed by atoms with Crippen LogP contribution in [0.15, 0.2) is 18.2 Å². The highest BCUT2D eigenvalue weighted by molar-refractivity contribution is 5.55. The summed E-state index contributed by atoms with van der Waals surface area (Å²) in [5.74, 6) is 0.829. The van der Waals surface area contributed by atoms with Gasteiger partial charge in [0.1, 0.15) is 0 Å². The van der Waals surface area contributed by atoms with E-state index in [1.165, 1.54) is 48.9 Å². The van der Waals surface area contributed by atoms with Gasteiger partial charge in [0.05, 0.1) is 0 Å². The molecule has 0 aliphatic carbocycles. The van der Waals surface area contributed by atoms with E-state index in [0.29, 0.717) is 6.04 Å². The zero-order valence-electron chi connectivity index (χ0n) is 11.4. The van der Waals surface area contributed by atoms with E-state index in [9.17, 15) is 0 Å². The van der Waals surface area contributed by atoms with Crippen LogP contribution in [0.2, 0.25) is 0 Å². The monoisotopic (exact) mass is 231 g/mol. The molecule has 1 aliphatic heterocycles. The second kappa shape index (κ2) is 5.57. The van der Waals surface area contributed by atoms with Crippen LogP contribution in [0.4, 0.5) is 5.69 Å². The lowest BCUT2D eigenvalue weighted by Crippen LogP contribution is -2.21. The highest BCUT2D eigenvalue weighted by atomic mass is 14.9. The van der Waals surface area contributed by atoms with Crippen molar-refractivity contribution in [2.75, 3.05) is 5.32 Å². The van der Waals surface area contributed by atoms with E-state index < -0.39 is 0 Å². The van der Waals surface area contributed by atoms with E-state index in [0.717, 1.165) is 5.92 Å². The molecule has 2 rings (SSSR count). The summed E-state index contributed by atoms with van der Waals surface area (Å²) in [6.45, 7) is 6.87. The molecule has 17 heavy (non-hydrogen) atoms. The van der Waals surface area contributed by atoms with Gasteiger partial charge in [-0.05, 0) is 55.7 Å². The average Bonchev–Trinajstić information content (AvgIpc) is 2.29. The summed E-state index contributed by atoms with van der Waals surface area (Å²) in [4.78, 5) is 0. The Hall–Kier alpha value is -0.980. The molecule has 0 amide bonds. The number of anilines is 1. The van der Waals surface area contributed by atoms with Crippen molar-refractivity contribution in [3.8, 4) is 0 Å². The van der Waals surface area contributed by atoms with E-state index in [1.54, 1.807) is 0 Å². The Balaban J connectivity index is 1.96. The summed E-state index contributed by atoms with van der Waals surface area (Å²) in [5.41, 5.74) is 4.39. The van der Waals surface area contributed by atoms with Crippen molar-refractivity contribution < 1.29 is 0 Å². The molecule has 0 aromatic heterocycles. The maximum absolute atomic E-state index is 3.56. The number of fused-ring (bicyclic) bond motifs is 1. The predicted octanol–water partition coefficient (Wildman–Crippen LogP) is 4.41. The van der Waals surface area contributed by atoms with Crippen LogP contribution in [0, 0.1) is 5.92 Å². The van der Waals surface area contributed by atoms with Gasteiger partial charge in [-0.25, -0.2) is 0 Å². The lowest BCUT2D eigenvalue weighted by atomic mass is 9.95. The first-order valence-corrected chi connectivity index (χ1v) is 7.03. The minimum atomic E-state index is 0.634. The van der Waals surface area contributed by atoms with Gasteiger partial charge in [0.2, 0.25) is 0 Å². The Morgan fingerprint density at radius 3 is 2.94 bits per heavy atom. The second-order valence-electron chi connectivity index (χ2n) is 5.86. The maximum Gasteiger partial charge on any atom is 0.0374 e. The van der Waals surface area contributed by atoms with E-state index in [2.05, 4.69) is 44.3 Å². The molecule has 1 aromatic rings. The predicted molar refractivity (Wildman–Crippen MR) is 75.6 cm³/mol. The van der Waals surface area contributed by atoms with Crippen molar-refractivity contribution in [3.63, 3.8) is 0 Å². The van der Waals surface area contributed by atoms with Crippen LogP contribution in [-0.2, 0) is 12.8 Å². The third-order valence-electron chi connectivity index (χ3n) is 3.67. The van der Waals surface area contributed by atoms with Crippen molar-refractivity contribution in [2.24, 2.45) is 5.92 Å². The smallest absolute Gasteiger partial charge is 0.0374 e. The highest BCUT2D eigenvalue weighted by Gasteiger charge is 2.13. The van der Waals surface area contributed by atoms with Gasteiger partial charge in [0, 0.05) is 11.7 Å². The lowest BCUT2D eigenvalue weighted by Gasteiger charge is -2.24. The first kappa shape index (κ1) is 12.5. The largest absolute Gasteiger partial charge is 0.382 e. The quantitative estimate of drug-likeness (QED) is 0.809. The Kier molecular flexibility index (Phi) is 4.09. The highest BCUT2D eigenvalue weighted by Crippen LogP contribution is 2.26. The molecule has 1 aromatic carbocycles. The van der Waals surface area contributed by atoms with Gasteiger partial charge >= 0.3 is 0 Å². The van der Waals surface area contributed by atoms with Gasteiger partial charge in [-0.3, -0.25) is 0 Å². The Morgan fingerprint density at radius 2 is 2.18 bits per heavy atom. The standard InChI is InChI=1S/C16H25N/c1-12(2)5-4-6-14-8-10-16-15(11-14)9-7-13(3)17-16/h8,10-13,17H,4-7,9H2,1-3H3. The second-order valence-corrected chi connectivity index (χ2v) is 5.86. The topological polar surface area (TPSA) is 12.0 Å². The molecule has 0 saturated carbocycles. The van der Waals surface area contributed by atoms with Crippen LogP contribution >= 0.6 is 0 Å². The number of nitrogens with one attached hydrogen (secondary N) is 1. The lowest BCUT2D eigenvalue weighted by molar-refractivity contribution is 0.555. The van der Waals surface area contributed by atoms with Crippen LogP contribution < -0.4 is 5.32 Å². The summed E-state index contributed by atoms with van der Waals surface area (Å²) >= 11 is 0. The Bertz CT molecular complexity index is 368. The molecule has 1 heteroatoms. The molecule has 0 bridgehead atoms. The van der Waals surface area contributed by atoms with Gasteiger partial charge in [0.15, 0.2) is 0 Å². The van der Waals surface area contributed by atoms with Crippen molar-refractivity contribution in [2.45, 2.75) is 58.9 Å². The first-order valence-electron chi connectivity index (χ1n) is 7.03. The molecular formula is C16H25N. The van der Waals surface area contributed by atoms with Crippen LogP contribution in [0.5, 0.6) is 0 Å². The zero-order valence-corrected chi connectivity index (χ0v) is 11.4. The van der Waals surface area contributed by atoms with Crippen molar-refractivity contribution in [1.29, 1.82) is 0 Å². The molecule has 0 radical (unpaired) electrons. The molecule has 94 valence electrons. The van der Waals surface area contributed by atoms with E-state index >= 15 is 0 Å². The molecule has 0 spiro atoms. The first-order chi connectivity index (χ1) is 8.15. The number of hydrogen-bond acceptors (Lipinski definition) is 1. The van der Waals surface area contributed by atoms with Gasteiger partial charge < -0.3 is 5.32 Å². The summed E-state index contributed by atoms with van der Waals surface area (Å²) in [7, 11) is 0. The van der Waals surface area contributed by atoms with Crippen LogP contribution in [-0.4, -0.2) is 6.04 Å². The van der Waals surface area contributed by atoms with E-state index in [4.69, 9.17) is 0 Å². The molecule has 0 saturated heterocycles. The fourth-order valence-corrected chi connectivity index (χ4v) is 2.57. The Labute approximate surface area is 106 Å². The third kappa shape index (κ3) is 3.49. The van der Waals surface area contributed by atoms with Crippen molar-refractivity contribution in [1.82, 2.24) is 0 Å². The number of benzene rings is 1. The molecule has 1 aliphatic rings. The molecule has 1 heterocycles. The third-order valence-corrected chi connectivity index (χ3v) is 3.67. The summed E-state index contributed by atoms with van der Waals surface area (Å²) < 4.78 is 0. The number of hydrogen-bond donors (Lipinski definition) is 1. The van der Waals surface area contributed by atoms with Crippen LogP contribution in [0.1, 0.15) is 51.2 Å². The fourth-order valence-electron chi connectivity index (χ4n) is 2.57. The van der Waals surface area contributed by atoms with E-state index in [-0.39, 0.29) is 0 Å². The van der Waals surface area contributed by atoms with Gasteiger partial charge in [-0.2, -0.15) is 0 Å².